The van der Waals surface area contributed by atoms with E-state index in [1.165, 1.54) is 0 Å². The first kappa shape index (κ1) is 18.5. The third kappa shape index (κ3) is 4.89. The summed E-state index contributed by atoms with van der Waals surface area (Å²) in [6, 6.07) is 17.0. The second-order valence-corrected chi connectivity index (χ2v) is 7.78. The van der Waals surface area contributed by atoms with E-state index in [1.807, 2.05) is 54.2 Å². The number of benzene rings is 2. The lowest BCUT2D eigenvalue weighted by molar-refractivity contribution is 0.489. The van der Waals surface area contributed by atoms with Gasteiger partial charge in [-0.05, 0) is 31.2 Å². The van der Waals surface area contributed by atoms with Gasteiger partial charge in [0.25, 0.3) is 0 Å². The average molecular weight is 390 g/mol. The Morgan fingerprint density at radius 1 is 1.12 bits per heavy atom. The molecule has 1 aromatic heterocycles. The van der Waals surface area contributed by atoms with Crippen LogP contribution in [0.4, 0.5) is 5.69 Å². The predicted molar refractivity (Wildman–Crippen MR) is 105 cm³/mol. The number of rotatable bonds is 7. The van der Waals surface area contributed by atoms with Crippen molar-refractivity contribution in [3.05, 3.63) is 71.2 Å². The van der Waals surface area contributed by atoms with Crippen LogP contribution in [0.25, 0.3) is 10.6 Å². The lowest BCUT2D eigenvalue weighted by Gasteiger charge is -2.14. The van der Waals surface area contributed by atoms with Crippen molar-refractivity contribution in [3.63, 3.8) is 0 Å². The van der Waals surface area contributed by atoms with E-state index in [9.17, 15) is 8.42 Å². The summed E-state index contributed by atoms with van der Waals surface area (Å²) in [5, 5.41) is 6.31. The molecular formula is C18H19N3O3S2. The lowest BCUT2D eigenvalue weighted by Crippen LogP contribution is -2.19. The molecule has 0 aliphatic rings. The maximum absolute atomic E-state index is 10.8. The Morgan fingerprint density at radius 2 is 1.81 bits per heavy atom. The fourth-order valence-corrected chi connectivity index (χ4v) is 3.92. The van der Waals surface area contributed by atoms with Crippen molar-refractivity contribution in [1.82, 2.24) is 10.3 Å². The van der Waals surface area contributed by atoms with Crippen LogP contribution >= 0.6 is 11.3 Å². The summed E-state index contributed by atoms with van der Waals surface area (Å²) in [7, 11) is -2.37. The number of hydrogen-bond donors (Lipinski definition) is 3. The van der Waals surface area contributed by atoms with E-state index in [0.29, 0.717) is 12.1 Å². The highest BCUT2D eigenvalue weighted by atomic mass is 32.2. The first-order valence-electron chi connectivity index (χ1n) is 7.97. The average Bonchev–Trinajstić information content (AvgIpc) is 3.10. The molecule has 3 N–H and O–H groups in total. The Morgan fingerprint density at radius 3 is 2.42 bits per heavy atom. The molecule has 1 atom stereocenters. The van der Waals surface area contributed by atoms with Crippen LogP contribution in [0.5, 0.6) is 0 Å². The molecule has 0 fully saturated rings. The van der Waals surface area contributed by atoms with E-state index in [2.05, 4.69) is 10.7 Å². The lowest BCUT2D eigenvalue weighted by atomic mass is 10.0. The van der Waals surface area contributed by atoms with Gasteiger partial charge in [-0.1, -0.05) is 42.5 Å². The van der Waals surface area contributed by atoms with Crippen molar-refractivity contribution in [2.24, 2.45) is 0 Å². The maximum Gasteiger partial charge on any atom is 0.357 e. The fourth-order valence-electron chi connectivity index (χ4n) is 2.61. The topological polar surface area (TPSA) is 91.3 Å². The Hall–Kier alpha value is -2.26. The van der Waals surface area contributed by atoms with Gasteiger partial charge in [-0.3, -0.25) is 9.27 Å². The Kier molecular flexibility index (Phi) is 5.67. The van der Waals surface area contributed by atoms with E-state index in [4.69, 9.17) is 9.54 Å². The zero-order valence-electron chi connectivity index (χ0n) is 14.1. The smallest absolute Gasteiger partial charge is 0.311 e. The van der Waals surface area contributed by atoms with Gasteiger partial charge in [-0.25, -0.2) is 4.98 Å². The molecule has 3 rings (SSSR count). The van der Waals surface area contributed by atoms with Gasteiger partial charge in [-0.15, -0.1) is 11.3 Å². The highest BCUT2D eigenvalue weighted by Gasteiger charge is 2.15. The van der Waals surface area contributed by atoms with Gasteiger partial charge < -0.3 is 5.32 Å². The number of nitrogens with one attached hydrogen (secondary N) is 2. The highest BCUT2D eigenvalue weighted by Crippen LogP contribution is 2.27. The molecule has 0 aliphatic heterocycles. The largest absolute Gasteiger partial charge is 0.357 e. The minimum atomic E-state index is -4.26. The monoisotopic (exact) mass is 389 g/mol. The minimum Gasteiger partial charge on any atom is -0.311 e. The summed E-state index contributed by atoms with van der Waals surface area (Å²) < 4.78 is 32.5. The number of aromatic nitrogens is 1. The molecule has 1 heterocycles. The van der Waals surface area contributed by atoms with Crippen LogP contribution in [-0.4, -0.2) is 25.0 Å². The Bertz CT molecular complexity index is 955. The fraction of sp³-hybridized carbons (Fsp3) is 0.167. The number of anilines is 1. The number of thiazole rings is 1. The van der Waals surface area contributed by atoms with Crippen LogP contribution < -0.4 is 10.0 Å². The quantitative estimate of drug-likeness (QED) is 0.538. The summed E-state index contributed by atoms with van der Waals surface area (Å²) in [5.74, 6) is 0. The number of hydrogen-bond acceptors (Lipinski definition) is 5. The van der Waals surface area contributed by atoms with Gasteiger partial charge in [0.05, 0.1) is 17.4 Å². The molecule has 3 aromatic rings. The normalized spacial score (nSPS) is 12.7. The van der Waals surface area contributed by atoms with Crippen molar-refractivity contribution < 1.29 is 13.0 Å². The molecule has 2 aromatic carbocycles. The zero-order chi connectivity index (χ0) is 18.6. The number of likely N-dealkylation sites (N-methyl/N-ethyl adjacent to an activating group) is 1. The molecular weight excluding hydrogens is 370 g/mol. The van der Waals surface area contributed by atoms with Crippen LogP contribution in [0.1, 0.15) is 17.3 Å². The molecule has 0 amide bonds. The van der Waals surface area contributed by atoms with Crippen molar-refractivity contribution in [2.45, 2.75) is 12.5 Å². The standard InChI is InChI=1S/C18H19N3O3S2/c1-19-16(11-13-7-9-15(10-8-13)21-26(22,23)24)17-12-25-18(20-17)14-5-3-2-4-6-14/h2-10,12,16,19,21H,11H2,1H3,(H,22,23,24)/t16-/m0/s1. The molecule has 8 heteroatoms. The second-order valence-electron chi connectivity index (χ2n) is 5.76. The summed E-state index contributed by atoms with van der Waals surface area (Å²) in [5.41, 5.74) is 3.41. The van der Waals surface area contributed by atoms with Gasteiger partial charge >= 0.3 is 10.3 Å². The van der Waals surface area contributed by atoms with Gasteiger partial charge in [-0.2, -0.15) is 8.42 Å². The molecule has 0 bridgehead atoms. The van der Waals surface area contributed by atoms with E-state index in [0.717, 1.165) is 21.8 Å². The van der Waals surface area contributed by atoms with E-state index in [-0.39, 0.29) is 6.04 Å². The molecule has 0 saturated carbocycles. The Balaban J connectivity index is 1.73. The van der Waals surface area contributed by atoms with E-state index >= 15 is 0 Å². The van der Waals surface area contributed by atoms with Crippen molar-refractivity contribution in [2.75, 3.05) is 11.8 Å². The van der Waals surface area contributed by atoms with Crippen LogP contribution in [0.3, 0.4) is 0 Å². The molecule has 0 aliphatic carbocycles. The predicted octanol–water partition coefficient (Wildman–Crippen LogP) is 3.53. The summed E-state index contributed by atoms with van der Waals surface area (Å²) >= 11 is 1.61. The van der Waals surface area contributed by atoms with Crippen molar-refractivity contribution >= 4 is 27.3 Å². The first-order chi connectivity index (χ1) is 12.4. The SMILES string of the molecule is CN[C@@H](Cc1ccc(NS(=O)(=O)O)cc1)c1csc(-c2ccccc2)n1. The maximum atomic E-state index is 10.8. The van der Waals surface area contributed by atoms with E-state index < -0.39 is 10.3 Å². The van der Waals surface area contributed by atoms with E-state index in [1.54, 1.807) is 23.5 Å². The van der Waals surface area contributed by atoms with Gasteiger partial charge in [0.15, 0.2) is 0 Å². The summed E-state index contributed by atoms with van der Waals surface area (Å²) in [6.07, 6.45) is 0.709. The molecule has 0 spiro atoms. The third-order valence-electron chi connectivity index (χ3n) is 3.89. The molecule has 6 nitrogen and oxygen atoms in total. The molecule has 0 unspecified atom stereocenters. The molecule has 136 valence electrons. The summed E-state index contributed by atoms with van der Waals surface area (Å²) in [4.78, 5) is 4.75. The van der Waals surface area contributed by atoms with Crippen LogP contribution in [0.15, 0.2) is 60.0 Å². The van der Waals surface area contributed by atoms with Crippen molar-refractivity contribution in [1.29, 1.82) is 0 Å². The summed E-state index contributed by atoms with van der Waals surface area (Å²) in [6.45, 7) is 0. The molecule has 26 heavy (non-hydrogen) atoms. The Labute approximate surface area is 156 Å². The van der Waals surface area contributed by atoms with Crippen LogP contribution in [-0.2, 0) is 16.7 Å². The highest BCUT2D eigenvalue weighted by molar-refractivity contribution is 7.87. The third-order valence-corrected chi connectivity index (χ3v) is 5.29. The molecule has 0 saturated heterocycles. The van der Waals surface area contributed by atoms with Crippen molar-refractivity contribution in [3.8, 4) is 10.6 Å². The van der Waals surface area contributed by atoms with Gasteiger partial charge in [0, 0.05) is 10.9 Å². The zero-order valence-corrected chi connectivity index (χ0v) is 15.7. The van der Waals surface area contributed by atoms with Gasteiger partial charge in [0.2, 0.25) is 0 Å². The first-order valence-corrected chi connectivity index (χ1v) is 10.3. The van der Waals surface area contributed by atoms with Crippen LogP contribution in [0.2, 0.25) is 0 Å². The molecule has 0 radical (unpaired) electrons. The number of nitrogens with zero attached hydrogens (tertiary/aromatic N) is 1. The second kappa shape index (κ2) is 7.96. The van der Waals surface area contributed by atoms with Crippen LogP contribution in [0, 0.1) is 0 Å². The minimum absolute atomic E-state index is 0.0455. The van der Waals surface area contributed by atoms with Gasteiger partial charge in [0.1, 0.15) is 5.01 Å².